The molecule has 1 rings (SSSR count). The number of rotatable bonds is 1. The summed E-state index contributed by atoms with van der Waals surface area (Å²) >= 11 is 0. The lowest BCUT2D eigenvalue weighted by atomic mass is 10.1. The molecule has 0 saturated carbocycles. The molecule has 9 heavy (non-hydrogen) atoms. The van der Waals surface area contributed by atoms with Gasteiger partial charge in [-0.15, -0.1) is 12.4 Å². The summed E-state index contributed by atoms with van der Waals surface area (Å²) in [6.07, 6.45) is -1.48. The minimum absolute atomic E-state index is 0. The molecule has 1 nitrogen and oxygen atoms in total. The van der Waals surface area contributed by atoms with Gasteiger partial charge < -0.3 is 5.32 Å². The number of nitrogens with one attached hydrogen (secondary N) is 1. The highest BCUT2D eigenvalue weighted by molar-refractivity contribution is 5.85. The molecule has 1 atom stereocenters. The van der Waals surface area contributed by atoms with E-state index in [0.717, 1.165) is 6.54 Å². The Balaban J connectivity index is 0.000000640. The Hall–Kier alpha value is 0.110. The van der Waals surface area contributed by atoms with E-state index in [0.29, 0.717) is 13.0 Å². The number of hydrogen-bond donors (Lipinski definition) is 1. The van der Waals surface area contributed by atoms with Crippen LogP contribution in [-0.2, 0) is 0 Å². The molecule has 0 unspecified atom stereocenters. The molecule has 0 spiro atoms. The van der Waals surface area contributed by atoms with Gasteiger partial charge in [-0.25, -0.2) is 8.78 Å². The molecular formula is C5H10ClF2N. The van der Waals surface area contributed by atoms with E-state index in [2.05, 4.69) is 5.32 Å². The van der Waals surface area contributed by atoms with E-state index in [-0.39, 0.29) is 18.3 Å². The van der Waals surface area contributed by atoms with Crippen molar-refractivity contribution in [2.24, 2.45) is 5.92 Å². The van der Waals surface area contributed by atoms with E-state index in [4.69, 9.17) is 0 Å². The van der Waals surface area contributed by atoms with Crippen molar-refractivity contribution in [1.29, 1.82) is 0 Å². The quantitative estimate of drug-likeness (QED) is 0.605. The van der Waals surface area contributed by atoms with Crippen LogP contribution in [-0.4, -0.2) is 19.5 Å². The third-order valence-corrected chi connectivity index (χ3v) is 1.45. The number of alkyl halides is 2. The summed E-state index contributed by atoms with van der Waals surface area (Å²) in [6, 6.07) is 0. The highest BCUT2D eigenvalue weighted by Crippen LogP contribution is 2.15. The van der Waals surface area contributed by atoms with Gasteiger partial charge in [-0.05, 0) is 13.0 Å². The van der Waals surface area contributed by atoms with E-state index < -0.39 is 6.43 Å². The molecule has 0 aliphatic carbocycles. The highest BCUT2D eigenvalue weighted by Gasteiger charge is 2.23. The Labute approximate surface area is 59.2 Å². The van der Waals surface area contributed by atoms with Gasteiger partial charge in [0.05, 0.1) is 0 Å². The van der Waals surface area contributed by atoms with Gasteiger partial charge in [0.25, 0.3) is 0 Å². The van der Waals surface area contributed by atoms with Crippen LogP contribution in [0.2, 0.25) is 0 Å². The molecule has 1 saturated heterocycles. The summed E-state index contributed by atoms with van der Waals surface area (Å²) in [5.41, 5.74) is 0. The van der Waals surface area contributed by atoms with Crippen molar-refractivity contribution in [3.05, 3.63) is 0 Å². The average Bonchev–Trinajstić information content (AvgIpc) is 2.12. The summed E-state index contributed by atoms with van der Waals surface area (Å²) < 4.78 is 23.4. The topological polar surface area (TPSA) is 12.0 Å². The smallest absolute Gasteiger partial charge is 0.242 e. The van der Waals surface area contributed by atoms with Crippen LogP contribution in [0.4, 0.5) is 8.78 Å². The molecule has 1 aliphatic rings. The zero-order valence-corrected chi connectivity index (χ0v) is 5.76. The van der Waals surface area contributed by atoms with Crippen LogP contribution in [0.1, 0.15) is 6.42 Å². The summed E-state index contributed by atoms with van der Waals surface area (Å²) in [6.45, 7) is 1.26. The van der Waals surface area contributed by atoms with Crippen molar-refractivity contribution in [1.82, 2.24) is 5.32 Å². The predicted octanol–water partition coefficient (Wildman–Crippen LogP) is 1.28. The second-order valence-electron chi connectivity index (χ2n) is 2.09. The van der Waals surface area contributed by atoms with E-state index >= 15 is 0 Å². The molecule has 1 N–H and O–H groups in total. The van der Waals surface area contributed by atoms with E-state index in [1.165, 1.54) is 0 Å². The Morgan fingerprint density at radius 1 is 1.44 bits per heavy atom. The number of hydrogen-bond acceptors (Lipinski definition) is 1. The van der Waals surface area contributed by atoms with Gasteiger partial charge in [-0.1, -0.05) is 0 Å². The van der Waals surface area contributed by atoms with Crippen LogP contribution >= 0.6 is 12.4 Å². The van der Waals surface area contributed by atoms with E-state index in [1.807, 2.05) is 0 Å². The Kier molecular flexibility index (Phi) is 4.06. The second-order valence-corrected chi connectivity index (χ2v) is 2.09. The maximum atomic E-state index is 11.7. The third-order valence-electron chi connectivity index (χ3n) is 1.45. The summed E-state index contributed by atoms with van der Waals surface area (Å²) in [4.78, 5) is 0. The zero-order valence-electron chi connectivity index (χ0n) is 4.94. The van der Waals surface area contributed by atoms with Crippen LogP contribution in [0.3, 0.4) is 0 Å². The first kappa shape index (κ1) is 9.11. The van der Waals surface area contributed by atoms with Crippen molar-refractivity contribution in [3.63, 3.8) is 0 Å². The standard InChI is InChI=1S/C5H9F2N.ClH/c6-5(7)4-1-2-8-3-4;/h4-5,8H,1-3H2;1H/t4-;/m0./s1. The lowest BCUT2D eigenvalue weighted by Gasteiger charge is -2.03. The minimum Gasteiger partial charge on any atom is -0.316 e. The summed E-state index contributed by atoms with van der Waals surface area (Å²) in [5.74, 6) is -0.380. The molecule has 0 radical (unpaired) electrons. The van der Waals surface area contributed by atoms with Gasteiger partial charge in [0, 0.05) is 12.5 Å². The van der Waals surface area contributed by atoms with E-state index in [1.54, 1.807) is 0 Å². The minimum atomic E-state index is -2.12. The van der Waals surface area contributed by atoms with Gasteiger partial charge in [0.2, 0.25) is 6.43 Å². The molecule has 1 heterocycles. The normalized spacial score (nSPS) is 26.3. The Morgan fingerprint density at radius 3 is 2.33 bits per heavy atom. The van der Waals surface area contributed by atoms with Gasteiger partial charge in [0.15, 0.2) is 0 Å². The number of halogens is 3. The Morgan fingerprint density at radius 2 is 2.11 bits per heavy atom. The first-order chi connectivity index (χ1) is 3.80. The lowest BCUT2D eigenvalue weighted by Crippen LogP contribution is -2.14. The van der Waals surface area contributed by atoms with E-state index in [9.17, 15) is 8.78 Å². The van der Waals surface area contributed by atoms with Crippen LogP contribution in [0.25, 0.3) is 0 Å². The molecule has 0 aromatic carbocycles. The molecule has 4 heteroatoms. The van der Waals surface area contributed by atoms with Crippen molar-refractivity contribution in [3.8, 4) is 0 Å². The maximum absolute atomic E-state index is 11.7. The van der Waals surface area contributed by atoms with Gasteiger partial charge in [-0.3, -0.25) is 0 Å². The molecule has 0 amide bonds. The zero-order chi connectivity index (χ0) is 5.98. The largest absolute Gasteiger partial charge is 0.316 e. The second kappa shape index (κ2) is 4.01. The molecule has 56 valence electrons. The molecule has 1 fully saturated rings. The predicted molar refractivity (Wildman–Crippen MR) is 34.2 cm³/mol. The molecule has 0 aromatic heterocycles. The van der Waals surface area contributed by atoms with Crippen LogP contribution < -0.4 is 5.32 Å². The SMILES string of the molecule is Cl.FC(F)[C@H]1CCNC1. The monoisotopic (exact) mass is 157 g/mol. The van der Waals surface area contributed by atoms with Gasteiger partial charge >= 0.3 is 0 Å². The molecule has 0 bridgehead atoms. The van der Waals surface area contributed by atoms with Crippen LogP contribution in [0, 0.1) is 5.92 Å². The highest BCUT2D eigenvalue weighted by atomic mass is 35.5. The molecule has 0 aromatic rings. The Bertz CT molecular complexity index is 73.4. The first-order valence-corrected chi connectivity index (χ1v) is 2.79. The molecule has 1 aliphatic heterocycles. The fourth-order valence-electron chi connectivity index (χ4n) is 0.892. The average molecular weight is 158 g/mol. The third kappa shape index (κ3) is 2.45. The fourth-order valence-corrected chi connectivity index (χ4v) is 0.892. The first-order valence-electron chi connectivity index (χ1n) is 2.79. The molecular weight excluding hydrogens is 148 g/mol. The maximum Gasteiger partial charge on any atom is 0.242 e. The lowest BCUT2D eigenvalue weighted by molar-refractivity contribution is 0.0872. The van der Waals surface area contributed by atoms with Gasteiger partial charge in [-0.2, -0.15) is 0 Å². The van der Waals surface area contributed by atoms with Crippen molar-refractivity contribution in [2.45, 2.75) is 12.8 Å². The van der Waals surface area contributed by atoms with Crippen molar-refractivity contribution in [2.75, 3.05) is 13.1 Å². The van der Waals surface area contributed by atoms with Gasteiger partial charge in [0.1, 0.15) is 0 Å². The van der Waals surface area contributed by atoms with Crippen LogP contribution in [0.5, 0.6) is 0 Å². The van der Waals surface area contributed by atoms with Crippen molar-refractivity contribution >= 4 is 12.4 Å². The summed E-state index contributed by atoms with van der Waals surface area (Å²) in [7, 11) is 0. The van der Waals surface area contributed by atoms with Crippen molar-refractivity contribution < 1.29 is 8.78 Å². The summed E-state index contributed by atoms with van der Waals surface area (Å²) in [5, 5.41) is 2.87. The fraction of sp³-hybridized carbons (Fsp3) is 1.00. The van der Waals surface area contributed by atoms with Crippen LogP contribution in [0.15, 0.2) is 0 Å².